The molecule has 0 atom stereocenters. The van der Waals surface area contributed by atoms with E-state index in [-0.39, 0.29) is 0 Å². The van der Waals surface area contributed by atoms with E-state index in [2.05, 4.69) is 38.5 Å². The van der Waals surface area contributed by atoms with Crippen molar-refractivity contribution < 1.29 is 0 Å². The Labute approximate surface area is 87.2 Å². The molecule has 0 aliphatic carbocycles. The van der Waals surface area contributed by atoms with Gasteiger partial charge in [0.25, 0.3) is 0 Å². The minimum atomic E-state index is 0.830. The first-order chi connectivity index (χ1) is 4.75. The fraction of sp³-hybridized carbons (Fsp3) is 0.143. The van der Waals surface area contributed by atoms with Crippen LogP contribution in [0.5, 0.6) is 0 Å². The van der Waals surface area contributed by atoms with Crippen LogP contribution >= 0.6 is 50.1 Å². The molecule has 0 saturated carbocycles. The molecular formula is C7H5BrClI. The molecule has 0 aromatic heterocycles. The second-order valence-electron chi connectivity index (χ2n) is 1.85. The number of halogens is 3. The lowest BCUT2D eigenvalue weighted by atomic mass is 10.2. The monoisotopic (exact) mass is 330 g/mol. The fourth-order valence-corrected chi connectivity index (χ4v) is 2.11. The van der Waals surface area contributed by atoms with E-state index in [0.717, 1.165) is 13.9 Å². The lowest BCUT2D eigenvalue weighted by Gasteiger charge is -1.99. The largest absolute Gasteiger partial charge is 0.0828 e. The summed E-state index contributed by atoms with van der Waals surface area (Å²) in [4.78, 5) is 0. The maximum atomic E-state index is 5.94. The molecule has 0 N–H and O–H groups in total. The molecule has 0 aliphatic heterocycles. The maximum Gasteiger partial charge on any atom is 0.0587 e. The van der Waals surface area contributed by atoms with E-state index >= 15 is 0 Å². The summed E-state index contributed by atoms with van der Waals surface area (Å²) in [5, 5.41) is 0.830. The van der Waals surface area contributed by atoms with E-state index in [0.29, 0.717) is 0 Å². The Bertz CT molecular complexity index is 237. The topological polar surface area (TPSA) is 0 Å². The van der Waals surface area contributed by atoms with Gasteiger partial charge in [0, 0.05) is 8.90 Å². The van der Waals surface area contributed by atoms with Crippen LogP contribution in [0.1, 0.15) is 5.56 Å². The maximum absolute atomic E-state index is 5.94. The van der Waals surface area contributed by atoms with Crippen LogP contribution in [0.3, 0.4) is 0 Å². The Hall–Kier alpha value is 0.720. The zero-order valence-corrected chi connectivity index (χ0v) is 9.57. The third-order valence-electron chi connectivity index (χ3n) is 1.18. The quantitative estimate of drug-likeness (QED) is 0.538. The van der Waals surface area contributed by atoms with Crippen LogP contribution in [-0.4, -0.2) is 0 Å². The first-order valence-electron chi connectivity index (χ1n) is 2.74. The third kappa shape index (κ3) is 1.86. The van der Waals surface area contributed by atoms with Gasteiger partial charge in [0.15, 0.2) is 0 Å². The summed E-state index contributed by atoms with van der Waals surface area (Å²) in [6.07, 6.45) is 0. The van der Waals surface area contributed by atoms with E-state index in [1.807, 2.05) is 18.2 Å². The molecule has 0 amide bonds. The zero-order valence-electron chi connectivity index (χ0n) is 5.07. The first kappa shape index (κ1) is 8.81. The van der Waals surface area contributed by atoms with Crippen LogP contribution in [-0.2, 0) is 4.43 Å². The number of alkyl halides is 1. The van der Waals surface area contributed by atoms with Gasteiger partial charge in [-0.25, -0.2) is 0 Å². The zero-order chi connectivity index (χ0) is 7.56. The molecule has 0 fully saturated rings. The van der Waals surface area contributed by atoms with Crippen molar-refractivity contribution in [2.45, 2.75) is 4.43 Å². The van der Waals surface area contributed by atoms with Crippen molar-refractivity contribution in [3.8, 4) is 0 Å². The van der Waals surface area contributed by atoms with Crippen LogP contribution in [0.15, 0.2) is 22.7 Å². The van der Waals surface area contributed by atoms with Crippen molar-refractivity contribution in [2.75, 3.05) is 0 Å². The summed E-state index contributed by atoms with van der Waals surface area (Å²) >= 11 is 11.6. The van der Waals surface area contributed by atoms with Gasteiger partial charge in [-0.2, -0.15) is 0 Å². The van der Waals surface area contributed by atoms with Crippen molar-refractivity contribution in [2.24, 2.45) is 0 Å². The Balaban J connectivity index is 3.14. The summed E-state index contributed by atoms with van der Waals surface area (Å²) < 4.78 is 1.93. The van der Waals surface area contributed by atoms with Gasteiger partial charge in [-0.05, 0) is 27.6 Å². The predicted molar refractivity (Wildman–Crippen MR) is 56.9 cm³/mol. The highest BCUT2D eigenvalue weighted by Gasteiger charge is 2.00. The summed E-state index contributed by atoms with van der Waals surface area (Å²) in [5.74, 6) is 0. The van der Waals surface area contributed by atoms with Gasteiger partial charge in [-0.1, -0.05) is 46.3 Å². The molecule has 54 valence electrons. The fourth-order valence-electron chi connectivity index (χ4n) is 0.652. The summed E-state index contributed by atoms with van der Waals surface area (Å²) in [5.41, 5.74) is 1.18. The van der Waals surface area contributed by atoms with Crippen LogP contribution in [0, 0.1) is 0 Å². The highest BCUT2D eigenvalue weighted by Crippen LogP contribution is 2.27. The highest BCUT2D eigenvalue weighted by atomic mass is 127. The van der Waals surface area contributed by atoms with Gasteiger partial charge in [0.2, 0.25) is 0 Å². The van der Waals surface area contributed by atoms with E-state index in [1.54, 1.807) is 0 Å². The SMILES string of the molecule is Clc1c(Br)cccc1CI. The van der Waals surface area contributed by atoms with Gasteiger partial charge in [-0.3, -0.25) is 0 Å². The lowest BCUT2D eigenvalue weighted by Crippen LogP contribution is -1.78. The lowest BCUT2D eigenvalue weighted by molar-refractivity contribution is 1.44. The number of rotatable bonds is 1. The summed E-state index contributed by atoms with van der Waals surface area (Å²) in [6.45, 7) is 0. The van der Waals surface area contributed by atoms with E-state index < -0.39 is 0 Å². The average Bonchev–Trinajstić information content (AvgIpc) is 1.95. The molecule has 1 aromatic carbocycles. The molecule has 0 bridgehead atoms. The Morgan fingerprint density at radius 1 is 1.50 bits per heavy atom. The van der Waals surface area contributed by atoms with Gasteiger partial charge in [0.1, 0.15) is 0 Å². The highest BCUT2D eigenvalue weighted by molar-refractivity contribution is 14.1. The average molecular weight is 331 g/mol. The van der Waals surface area contributed by atoms with Crippen LogP contribution < -0.4 is 0 Å². The summed E-state index contributed by atoms with van der Waals surface area (Å²) in [7, 11) is 0. The van der Waals surface area contributed by atoms with Gasteiger partial charge in [-0.15, -0.1) is 0 Å². The van der Waals surface area contributed by atoms with E-state index in [4.69, 9.17) is 11.6 Å². The van der Waals surface area contributed by atoms with Gasteiger partial charge < -0.3 is 0 Å². The van der Waals surface area contributed by atoms with Crippen molar-refractivity contribution in [3.63, 3.8) is 0 Å². The van der Waals surface area contributed by atoms with Crippen LogP contribution in [0.2, 0.25) is 5.02 Å². The third-order valence-corrected chi connectivity index (χ3v) is 3.33. The molecule has 3 heteroatoms. The predicted octanol–water partition coefficient (Wildman–Crippen LogP) is 4.04. The standard InChI is InChI=1S/C7H5BrClI/c8-6-3-1-2-5(4-10)7(6)9/h1-3H,4H2. The van der Waals surface area contributed by atoms with Crippen molar-refractivity contribution in [3.05, 3.63) is 33.3 Å². The number of hydrogen-bond acceptors (Lipinski definition) is 0. The second kappa shape index (κ2) is 3.93. The van der Waals surface area contributed by atoms with Crippen LogP contribution in [0.4, 0.5) is 0 Å². The van der Waals surface area contributed by atoms with E-state index in [1.165, 1.54) is 5.56 Å². The minimum absolute atomic E-state index is 0.830. The number of benzene rings is 1. The second-order valence-corrected chi connectivity index (χ2v) is 3.84. The Morgan fingerprint density at radius 3 is 2.70 bits per heavy atom. The molecule has 1 aromatic rings. The Morgan fingerprint density at radius 2 is 2.20 bits per heavy atom. The molecule has 0 saturated heterocycles. The summed E-state index contributed by atoms with van der Waals surface area (Å²) in [6, 6.07) is 5.96. The molecular weight excluding hydrogens is 326 g/mol. The molecule has 0 nitrogen and oxygen atoms in total. The molecule has 0 aliphatic rings. The molecule has 0 spiro atoms. The molecule has 10 heavy (non-hydrogen) atoms. The van der Waals surface area contributed by atoms with Gasteiger partial charge in [0.05, 0.1) is 5.02 Å². The molecule has 0 radical (unpaired) electrons. The smallest absolute Gasteiger partial charge is 0.0587 e. The normalized spacial score (nSPS) is 9.90. The number of hydrogen-bond donors (Lipinski definition) is 0. The first-order valence-corrected chi connectivity index (χ1v) is 5.44. The van der Waals surface area contributed by atoms with Crippen LogP contribution in [0.25, 0.3) is 0 Å². The van der Waals surface area contributed by atoms with Crippen molar-refractivity contribution >= 4 is 50.1 Å². The van der Waals surface area contributed by atoms with Crippen molar-refractivity contribution in [1.82, 2.24) is 0 Å². The van der Waals surface area contributed by atoms with E-state index in [9.17, 15) is 0 Å². The molecule has 0 heterocycles. The minimum Gasteiger partial charge on any atom is -0.0828 e. The molecule has 1 rings (SSSR count). The Kier molecular flexibility index (Phi) is 3.46. The van der Waals surface area contributed by atoms with Gasteiger partial charge >= 0.3 is 0 Å². The van der Waals surface area contributed by atoms with Crippen molar-refractivity contribution in [1.29, 1.82) is 0 Å². The molecule has 0 unspecified atom stereocenters.